The van der Waals surface area contributed by atoms with E-state index in [4.69, 9.17) is 4.74 Å². The molecule has 0 spiro atoms. The van der Waals surface area contributed by atoms with Crippen LogP contribution in [0.1, 0.15) is 57.6 Å². The largest absolute Gasteiger partial charge is 0.354 e. The van der Waals surface area contributed by atoms with E-state index in [-0.39, 0.29) is 24.2 Å². The van der Waals surface area contributed by atoms with Crippen LogP contribution in [-0.2, 0) is 11.3 Å². The molecule has 8 rings (SSSR count). The maximum atomic E-state index is 13.1. The number of hydrogen-bond acceptors (Lipinski definition) is 2. The summed E-state index contributed by atoms with van der Waals surface area (Å²) >= 11 is 0. The fourth-order valence-corrected chi connectivity index (χ4v) is 6.72. The predicted molar refractivity (Wildman–Crippen MR) is 116 cm³/mol. The van der Waals surface area contributed by atoms with E-state index in [0.717, 1.165) is 29.5 Å². The predicted octanol–water partition coefficient (Wildman–Crippen LogP) is 5.15. The Hall–Kier alpha value is -3.11. The number of carbonyl (C=O) groups excluding carboxylic acids is 1. The normalized spacial score (nSPS) is 25.0. The molecule has 146 valence electrons. The minimum absolute atomic E-state index is 0.0671. The Labute approximate surface area is 173 Å². The molecule has 1 amide bonds. The van der Waals surface area contributed by atoms with Gasteiger partial charge in [-0.15, -0.1) is 0 Å². The summed E-state index contributed by atoms with van der Waals surface area (Å²) in [5.74, 6) is 0.268. The highest BCUT2D eigenvalue weighted by molar-refractivity contribution is 6.20. The van der Waals surface area contributed by atoms with E-state index < -0.39 is 0 Å². The zero-order valence-electron chi connectivity index (χ0n) is 16.7. The Morgan fingerprint density at radius 3 is 2.93 bits per heavy atom. The third kappa shape index (κ3) is 1.58. The van der Waals surface area contributed by atoms with Crippen molar-refractivity contribution in [3.63, 3.8) is 0 Å². The van der Waals surface area contributed by atoms with Crippen LogP contribution in [0.2, 0.25) is 0 Å². The summed E-state index contributed by atoms with van der Waals surface area (Å²) < 4.78 is 9.17. The van der Waals surface area contributed by atoms with Crippen molar-refractivity contribution in [2.45, 2.75) is 44.6 Å². The molecule has 1 aromatic heterocycles. The lowest BCUT2D eigenvalue weighted by atomic mass is 9.85. The van der Waals surface area contributed by atoms with E-state index in [1.807, 2.05) is 0 Å². The van der Waals surface area contributed by atoms with Gasteiger partial charge in [0.15, 0.2) is 0 Å². The summed E-state index contributed by atoms with van der Waals surface area (Å²) in [5.41, 5.74) is 10.9. The van der Waals surface area contributed by atoms with Gasteiger partial charge in [-0.3, -0.25) is 4.79 Å². The number of rotatable bonds is 0. The Balaban J connectivity index is 1.69. The van der Waals surface area contributed by atoms with Crippen molar-refractivity contribution in [2.75, 3.05) is 0 Å². The van der Waals surface area contributed by atoms with Crippen LogP contribution in [-0.4, -0.2) is 16.6 Å². The molecule has 1 aliphatic carbocycles. The molecule has 4 nitrogen and oxygen atoms in total. The summed E-state index contributed by atoms with van der Waals surface area (Å²) in [6.45, 7) is 2.76. The first kappa shape index (κ1) is 15.7. The van der Waals surface area contributed by atoms with Crippen LogP contribution in [0.15, 0.2) is 42.5 Å². The number of para-hydroxylation sites is 1. The monoisotopic (exact) mass is 392 g/mol. The van der Waals surface area contributed by atoms with E-state index in [9.17, 15) is 4.79 Å². The van der Waals surface area contributed by atoms with Gasteiger partial charge in [-0.2, -0.15) is 0 Å². The standard InChI is InChI=1S/C26H20N2O2/c1-12-6-7-13-15(10-12)21-18-8-9-19(30-18)28-17-5-3-2-4-14(17)20-16-11-27-26(29)23(16)22(13)24(21)25(20)28/h2-7,10,18-19,21H,8-9,11H2,1H3,(H,27,29)/t18-,19+,21-/m0/s1. The molecule has 4 heteroatoms. The molecule has 2 bridgehead atoms. The maximum absolute atomic E-state index is 13.1. The highest BCUT2D eigenvalue weighted by atomic mass is 16.5. The Morgan fingerprint density at radius 1 is 1.10 bits per heavy atom. The second kappa shape index (κ2) is 4.96. The number of fused-ring (bicyclic) bond motifs is 13. The second-order valence-corrected chi connectivity index (χ2v) is 9.21. The molecular formula is C26H20N2O2. The fraction of sp³-hybridized carbons (Fsp3) is 0.269. The van der Waals surface area contributed by atoms with E-state index in [2.05, 4.69) is 59.3 Å². The summed E-state index contributed by atoms with van der Waals surface area (Å²) in [4.78, 5) is 13.1. The maximum Gasteiger partial charge on any atom is 0.252 e. The first-order valence-electron chi connectivity index (χ1n) is 10.9. The third-order valence-electron chi connectivity index (χ3n) is 7.75. The fourth-order valence-electron chi connectivity index (χ4n) is 6.72. The van der Waals surface area contributed by atoms with E-state index in [1.54, 1.807) is 0 Å². The van der Waals surface area contributed by atoms with Gasteiger partial charge < -0.3 is 14.6 Å². The van der Waals surface area contributed by atoms with E-state index in [1.165, 1.54) is 44.1 Å². The smallest absolute Gasteiger partial charge is 0.252 e. The van der Waals surface area contributed by atoms with Crippen LogP contribution in [0.5, 0.6) is 0 Å². The van der Waals surface area contributed by atoms with Crippen LogP contribution in [0, 0.1) is 6.92 Å². The lowest BCUT2D eigenvalue weighted by Crippen LogP contribution is -2.16. The van der Waals surface area contributed by atoms with Crippen LogP contribution < -0.4 is 5.32 Å². The third-order valence-corrected chi connectivity index (χ3v) is 7.75. The number of aryl methyl sites for hydroxylation is 1. The Kier molecular flexibility index (Phi) is 2.59. The number of nitrogens with zero attached hydrogens (tertiary/aromatic N) is 1. The van der Waals surface area contributed by atoms with Gasteiger partial charge >= 0.3 is 0 Å². The molecule has 3 atom stereocenters. The molecule has 1 N–H and O–H groups in total. The van der Waals surface area contributed by atoms with Crippen LogP contribution in [0.4, 0.5) is 0 Å². The van der Waals surface area contributed by atoms with Gasteiger partial charge in [0, 0.05) is 28.8 Å². The van der Waals surface area contributed by atoms with E-state index >= 15 is 0 Å². The number of carbonyl (C=O) groups is 1. The zero-order chi connectivity index (χ0) is 19.7. The van der Waals surface area contributed by atoms with Crippen LogP contribution in [0.3, 0.4) is 0 Å². The lowest BCUT2D eigenvalue weighted by molar-refractivity contribution is 0.00493. The lowest BCUT2D eigenvalue weighted by Gasteiger charge is -2.20. The van der Waals surface area contributed by atoms with Gasteiger partial charge in [-0.05, 0) is 48.1 Å². The number of amides is 1. The molecule has 3 aromatic carbocycles. The number of nitrogens with one attached hydrogen (secondary N) is 1. The minimum atomic E-state index is 0.0671. The van der Waals surface area contributed by atoms with Gasteiger partial charge in [-0.1, -0.05) is 42.0 Å². The highest BCUT2D eigenvalue weighted by Crippen LogP contribution is 2.59. The molecule has 4 aliphatic rings. The average Bonchev–Trinajstić information content (AvgIpc) is 3.46. The molecule has 0 unspecified atom stereocenters. The van der Waals surface area contributed by atoms with E-state index in [0.29, 0.717) is 6.54 Å². The summed E-state index contributed by atoms with van der Waals surface area (Å²) in [7, 11) is 0. The van der Waals surface area contributed by atoms with Gasteiger partial charge in [0.25, 0.3) is 5.91 Å². The quantitative estimate of drug-likeness (QED) is 0.450. The minimum Gasteiger partial charge on any atom is -0.354 e. The molecule has 3 aliphatic heterocycles. The number of hydrogen-bond donors (Lipinski definition) is 1. The van der Waals surface area contributed by atoms with Crippen molar-refractivity contribution in [1.29, 1.82) is 0 Å². The molecule has 0 saturated carbocycles. The van der Waals surface area contributed by atoms with Crippen molar-refractivity contribution in [3.8, 4) is 11.1 Å². The van der Waals surface area contributed by atoms with Crippen LogP contribution >= 0.6 is 0 Å². The van der Waals surface area contributed by atoms with Crippen LogP contribution in [0.25, 0.3) is 32.9 Å². The van der Waals surface area contributed by atoms with Crippen molar-refractivity contribution in [3.05, 3.63) is 70.3 Å². The highest BCUT2D eigenvalue weighted by Gasteiger charge is 2.48. The Morgan fingerprint density at radius 2 is 2.00 bits per heavy atom. The molecule has 0 radical (unpaired) electrons. The second-order valence-electron chi connectivity index (χ2n) is 9.21. The van der Waals surface area contributed by atoms with Crippen molar-refractivity contribution in [1.82, 2.24) is 9.88 Å². The first-order chi connectivity index (χ1) is 14.7. The molecule has 1 fully saturated rings. The topological polar surface area (TPSA) is 43.3 Å². The number of aromatic nitrogens is 1. The van der Waals surface area contributed by atoms with Crippen molar-refractivity contribution < 1.29 is 9.53 Å². The van der Waals surface area contributed by atoms with Gasteiger partial charge in [-0.25, -0.2) is 0 Å². The Bertz CT molecular complexity index is 1480. The van der Waals surface area contributed by atoms with Gasteiger partial charge in [0.05, 0.1) is 22.7 Å². The number of ether oxygens (including phenoxy) is 1. The van der Waals surface area contributed by atoms with Crippen molar-refractivity contribution >= 4 is 27.7 Å². The average molecular weight is 392 g/mol. The van der Waals surface area contributed by atoms with Crippen molar-refractivity contribution in [2.24, 2.45) is 0 Å². The molecule has 4 aromatic rings. The number of benzene rings is 3. The molecular weight excluding hydrogens is 372 g/mol. The molecule has 30 heavy (non-hydrogen) atoms. The first-order valence-corrected chi connectivity index (χ1v) is 10.9. The summed E-state index contributed by atoms with van der Waals surface area (Å²) in [6.07, 6.45) is 2.34. The molecule has 1 saturated heterocycles. The van der Waals surface area contributed by atoms with Gasteiger partial charge in [0.1, 0.15) is 6.23 Å². The van der Waals surface area contributed by atoms with Gasteiger partial charge in [0.2, 0.25) is 0 Å². The zero-order valence-corrected chi connectivity index (χ0v) is 16.7. The summed E-state index contributed by atoms with van der Waals surface area (Å²) in [6, 6.07) is 15.4. The SMILES string of the molecule is Cc1ccc2c(c1)[C@@H]1c3c-2c2c(c4c5ccccc5n(c34)[C@H]3CC[C@@H]1O3)CNC2=O. The molecule has 4 heterocycles. The summed E-state index contributed by atoms with van der Waals surface area (Å²) in [5, 5.41) is 5.62.